The Labute approximate surface area is 105 Å². The number of rotatable bonds is 5. The van der Waals surface area contributed by atoms with Crippen LogP contribution in [0.25, 0.3) is 0 Å². The fraction of sp³-hybridized carbons (Fsp3) is 0.417. The summed E-state index contributed by atoms with van der Waals surface area (Å²) < 4.78 is 0. The number of hydrogen-bond donors (Lipinski definition) is 2. The number of carbonyl (C=O) groups excluding carboxylic acids is 1. The van der Waals surface area contributed by atoms with E-state index in [0.29, 0.717) is 11.9 Å². The highest BCUT2D eigenvalue weighted by Crippen LogP contribution is 2.19. The van der Waals surface area contributed by atoms with Gasteiger partial charge in [-0.25, -0.2) is 9.78 Å². The van der Waals surface area contributed by atoms with Gasteiger partial charge >= 0.3 is 5.97 Å². The van der Waals surface area contributed by atoms with Crippen LogP contribution >= 0.6 is 0 Å². The third-order valence-electron chi connectivity index (χ3n) is 2.70. The number of carbonyl (C=O) groups is 2. The van der Waals surface area contributed by atoms with Crippen LogP contribution in [0, 0.1) is 0 Å². The van der Waals surface area contributed by atoms with Gasteiger partial charge in [-0.05, 0) is 25.0 Å². The molecule has 0 unspecified atom stereocenters. The molecular formula is C12H15N3O3. The lowest BCUT2D eigenvalue weighted by Crippen LogP contribution is -2.37. The zero-order chi connectivity index (χ0) is 13.1. The van der Waals surface area contributed by atoms with Crippen molar-refractivity contribution in [2.24, 2.45) is 0 Å². The van der Waals surface area contributed by atoms with Crippen molar-refractivity contribution in [1.82, 2.24) is 10.3 Å². The Kier molecular flexibility index (Phi) is 3.45. The molecule has 0 bridgehead atoms. The molecule has 0 radical (unpaired) electrons. The zero-order valence-electron chi connectivity index (χ0n) is 10.1. The molecule has 1 saturated carbocycles. The van der Waals surface area contributed by atoms with Crippen molar-refractivity contribution in [3.63, 3.8) is 0 Å². The normalized spacial score (nSPS) is 14.1. The number of nitrogens with zero attached hydrogens (tertiary/aromatic N) is 2. The minimum atomic E-state index is -1.05. The van der Waals surface area contributed by atoms with Crippen molar-refractivity contribution in [2.75, 3.05) is 18.5 Å². The van der Waals surface area contributed by atoms with E-state index in [1.54, 1.807) is 18.0 Å². The van der Waals surface area contributed by atoms with Crippen LogP contribution < -0.4 is 10.2 Å². The standard InChI is InChI=1S/C12H15N3O3/c1-15(7-10(16)14-8-4-5-8)11-9(12(17)18)3-2-6-13-11/h2-3,6,8H,4-5,7H2,1H3,(H,14,16)(H,17,18). The number of anilines is 1. The van der Waals surface area contributed by atoms with Gasteiger partial charge in [0.05, 0.1) is 6.54 Å². The maximum atomic E-state index is 11.6. The first kappa shape index (κ1) is 12.3. The molecule has 0 atom stereocenters. The lowest BCUT2D eigenvalue weighted by atomic mass is 10.2. The maximum absolute atomic E-state index is 11.6. The molecule has 6 heteroatoms. The maximum Gasteiger partial charge on any atom is 0.339 e. The van der Waals surface area contributed by atoms with Crippen LogP contribution in [0.15, 0.2) is 18.3 Å². The second kappa shape index (κ2) is 5.03. The first-order valence-corrected chi connectivity index (χ1v) is 5.76. The van der Waals surface area contributed by atoms with Gasteiger partial charge in [-0.3, -0.25) is 4.79 Å². The lowest BCUT2D eigenvalue weighted by molar-refractivity contribution is -0.119. The van der Waals surface area contributed by atoms with E-state index in [4.69, 9.17) is 5.11 Å². The van der Waals surface area contributed by atoms with Gasteiger partial charge in [0.1, 0.15) is 11.4 Å². The largest absolute Gasteiger partial charge is 0.478 e. The Morgan fingerprint density at radius 2 is 2.28 bits per heavy atom. The summed E-state index contributed by atoms with van der Waals surface area (Å²) in [4.78, 5) is 28.2. The van der Waals surface area contributed by atoms with Crippen LogP contribution in [0.1, 0.15) is 23.2 Å². The highest BCUT2D eigenvalue weighted by molar-refractivity contribution is 5.94. The zero-order valence-corrected chi connectivity index (χ0v) is 10.1. The van der Waals surface area contributed by atoms with Crippen LogP contribution in [0.4, 0.5) is 5.82 Å². The number of amides is 1. The van der Waals surface area contributed by atoms with E-state index in [1.807, 2.05) is 0 Å². The van der Waals surface area contributed by atoms with E-state index in [-0.39, 0.29) is 18.0 Å². The highest BCUT2D eigenvalue weighted by atomic mass is 16.4. The van der Waals surface area contributed by atoms with Crippen LogP contribution in [0.5, 0.6) is 0 Å². The van der Waals surface area contributed by atoms with Crippen LogP contribution in [-0.4, -0.2) is 41.6 Å². The van der Waals surface area contributed by atoms with E-state index in [0.717, 1.165) is 12.8 Å². The van der Waals surface area contributed by atoms with Crippen molar-refractivity contribution in [3.8, 4) is 0 Å². The summed E-state index contributed by atoms with van der Waals surface area (Å²) in [6, 6.07) is 3.33. The Morgan fingerprint density at radius 3 is 2.89 bits per heavy atom. The Bertz CT molecular complexity index is 471. The van der Waals surface area contributed by atoms with Crippen molar-refractivity contribution in [1.29, 1.82) is 0 Å². The second-order valence-corrected chi connectivity index (χ2v) is 4.38. The van der Waals surface area contributed by atoms with Gasteiger partial charge in [-0.15, -0.1) is 0 Å². The second-order valence-electron chi connectivity index (χ2n) is 4.38. The summed E-state index contributed by atoms with van der Waals surface area (Å²) >= 11 is 0. The van der Waals surface area contributed by atoms with Gasteiger partial charge in [0.25, 0.3) is 0 Å². The van der Waals surface area contributed by atoms with Crippen molar-refractivity contribution >= 4 is 17.7 Å². The summed E-state index contributed by atoms with van der Waals surface area (Å²) in [5.41, 5.74) is 0.0965. The number of carboxylic acid groups (broad SMARTS) is 1. The van der Waals surface area contributed by atoms with Gasteiger partial charge in [0, 0.05) is 19.3 Å². The molecule has 1 aliphatic rings. The summed E-state index contributed by atoms with van der Waals surface area (Å²) in [7, 11) is 1.65. The van der Waals surface area contributed by atoms with E-state index < -0.39 is 5.97 Å². The molecule has 0 aromatic carbocycles. The number of carboxylic acids is 1. The number of aromatic nitrogens is 1. The molecule has 2 N–H and O–H groups in total. The van der Waals surface area contributed by atoms with E-state index >= 15 is 0 Å². The molecule has 1 amide bonds. The minimum Gasteiger partial charge on any atom is -0.478 e. The molecule has 0 aliphatic heterocycles. The summed E-state index contributed by atoms with van der Waals surface area (Å²) in [5.74, 6) is -0.856. The Hall–Kier alpha value is -2.11. The molecule has 1 aromatic heterocycles. The number of likely N-dealkylation sites (N-methyl/N-ethyl adjacent to an activating group) is 1. The van der Waals surface area contributed by atoms with Gasteiger partial charge in [-0.2, -0.15) is 0 Å². The van der Waals surface area contributed by atoms with Gasteiger partial charge in [0.15, 0.2) is 0 Å². The average Bonchev–Trinajstić information content (AvgIpc) is 3.12. The monoisotopic (exact) mass is 249 g/mol. The number of nitrogens with one attached hydrogen (secondary N) is 1. The van der Waals surface area contributed by atoms with Crippen molar-refractivity contribution in [3.05, 3.63) is 23.9 Å². The third-order valence-corrected chi connectivity index (χ3v) is 2.70. The van der Waals surface area contributed by atoms with Crippen molar-refractivity contribution < 1.29 is 14.7 Å². The lowest BCUT2D eigenvalue weighted by Gasteiger charge is -2.19. The molecular weight excluding hydrogens is 234 g/mol. The smallest absolute Gasteiger partial charge is 0.339 e. The molecule has 6 nitrogen and oxygen atoms in total. The molecule has 18 heavy (non-hydrogen) atoms. The Balaban J connectivity index is 2.05. The number of hydrogen-bond acceptors (Lipinski definition) is 4. The molecule has 1 aromatic rings. The summed E-state index contributed by atoms with van der Waals surface area (Å²) in [6.07, 6.45) is 3.57. The Morgan fingerprint density at radius 1 is 1.56 bits per heavy atom. The molecule has 0 saturated heterocycles. The summed E-state index contributed by atoms with van der Waals surface area (Å²) in [5, 5.41) is 11.9. The fourth-order valence-electron chi connectivity index (χ4n) is 1.66. The van der Waals surface area contributed by atoms with Gasteiger partial charge in [0.2, 0.25) is 5.91 Å². The number of aromatic carboxylic acids is 1. The SMILES string of the molecule is CN(CC(=O)NC1CC1)c1ncccc1C(=O)O. The van der Waals surface area contributed by atoms with Crippen molar-refractivity contribution in [2.45, 2.75) is 18.9 Å². The van der Waals surface area contributed by atoms with Crippen LogP contribution in [0.2, 0.25) is 0 Å². The van der Waals surface area contributed by atoms with Crippen LogP contribution in [-0.2, 0) is 4.79 Å². The van der Waals surface area contributed by atoms with E-state index in [1.165, 1.54) is 12.3 Å². The van der Waals surface area contributed by atoms with Gasteiger partial charge in [-0.1, -0.05) is 0 Å². The fourth-order valence-corrected chi connectivity index (χ4v) is 1.66. The summed E-state index contributed by atoms with van der Waals surface area (Å²) in [6.45, 7) is 0.105. The molecule has 1 fully saturated rings. The molecule has 96 valence electrons. The third kappa shape index (κ3) is 2.97. The predicted octanol–water partition coefficient (Wildman–Crippen LogP) is 0.495. The van der Waals surface area contributed by atoms with E-state index in [2.05, 4.69) is 10.3 Å². The molecule has 1 aliphatic carbocycles. The van der Waals surface area contributed by atoms with Gasteiger partial charge < -0.3 is 15.3 Å². The molecule has 2 rings (SSSR count). The first-order valence-electron chi connectivity index (χ1n) is 5.76. The molecule has 0 spiro atoms. The number of pyridine rings is 1. The average molecular weight is 249 g/mol. The van der Waals surface area contributed by atoms with E-state index in [9.17, 15) is 9.59 Å². The van der Waals surface area contributed by atoms with Crippen LogP contribution in [0.3, 0.4) is 0 Å². The topological polar surface area (TPSA) is 82.5 Å². The molecule has 1 heterocycles. The minimum absolute atomic E-state index is 0.0965. The highest BCUT2D eigenvalue weighted by Gasteiger charge is 2.24. The predicted molar refractivity (Wildman–Crippen MR) is 65.6 cm³/mol. The first-order chi connectivity index (χ1) is 8.58. The quantitative estimate of drug-likeness (QED) is 0.793.